The van der Waals surface area contributed by atoms with Gasteiger partial charge in [-0.3, -0.25) is 9.59 Å². The SMILES string of the molecule is CC[C@H](C)N(Cc1ncc(-c2ccc3c(c2)COc2cc4c(ccc5nc(C6CCCN6C(=O)[C@H](NC(=O)OC)C6=CCCC=C6)[nH]c54)cc2-3)[nH]1)C(=O)CNC(=O)O. The Morgan fingerprint density at radius 1 is 1.10 bits per heavy atom. The Labute approximate surface area is 334 Å². The average molecular weight is 787 g/mol. The normalized spacial score (nSPS) is 16.8. The molecule has 8 rings (SSSR count). The van der Waals surface area contributed by atoms with Crippen LogP contribution in [0.1, 0.15) is 69.2 Å². The molecule has 5 aromatic rings. The summed E-state index contributed by atoms with van der Waals surface area (Å²) in [5.41, 5.74) is 7.18. The van der Waals surface area contributed by atoms with Crippen LogP contribution in [0.15, 0.2) is 72.5 Å². The van der Waals surface area contributed by atoms with Crippen LogP contribution in [0.25, 0.3) is 44.2 Å². The highest BCUT2D eigenvalue weighted by Gasteiger charge is 2.38. The molecule has 1 saturated heterocycles. The van der Waals surface area contributed by atoms with E-state index in [0.29, 0.717) is 31.2 Å². The quantitative estimate of drug-likeness (QED) is 0.0966. The number of rotatable bonds is 11. The number of alkyl carbamates (subject to hydrolysis) is 1. The monoisotopic (exact) mass is 786 g/mol. The van der Waals surface area contributed by atoms with Crippen LogP contribution in [0.5, 0.6) is 5.75 Å². The highest BCUT2D eigenvalue weighted by molar-refractivity contribution is 6.07. The van der Waals surface area contributed by atoms with Crippen molar-refractivity contribution in [1.29, 1.82) is 0 Å². The van der Waals surface area contributed by atoms with Crippen molar-refractivity contribution in [3.63, 3.8) is 0 Å². The van der Waals surface area contributed by atoms with Crippen LogP contribution < -0.4 is 15.4 Å². The fourth-order valence-corrected chi connectivity index (χ4v) is 8.14. The molecule has 0 bridgehead atoms. The highest BCUT2D eigenvalue weighted by atomic mass is 16.5. The molecule has 15 heteroatoms. The van der Waals surface area contributed by atoms with Crippen LogP contribution in [-0.4, -0.2) is 91.1 Å². The minimum atomic E-state index is -1.25. The molecular weight excluding hydrogens is 741 g/mol. The fourth-order valence-electron chi connectivity index (χ4n) is 8.14. The summed E-state index contributed by atoms with van der Waals surface area (Å²) >= 11 is 0. The summed E-state index contributed by atoms with van der Waals surface area (Å²) in [5, 5.41) is 15.9. The molecule has 15 nitrogen and oxygen atoms in total. The second kappa shape index (κ2) is 16.1. The summed E-state index contributed by atoms with van der Waals surface area (Å²) in [7, 11) is 1.29. The van der Waals surface area contributed by atoms with Gasteiger partial charge in [0.15, 0.2) is 0 Å². The Balaban J connectivity index is 1.03. The van der Waals surface area contributed by atoms with Crippen molar-refractivity contribution in [2.75, 3.05) is 20.2 Å². The maximum atomic E-state index is 14.1. The number of carboxylic acid groups (broad SMARTS) is 1. The van der Waals surface area contributed by atoms with Gasteiger partial charge in [-0.05, 0) is 90.9 Å². The Kier molecular flexibility index (Phi) is 10.6. The lowest BCUT2D eigenvalue weighted by atomic mass is 9.92. The Bertz CT molecular complexity index is 2480. The molecule has 2 aliphatic heterocycles. The molecule has 300 valence electrons. The number of hydrogen-bond acceptors (Lipinski definition) is 8. The number of H-pyrrole nitrogens is 2. The molecule has 0 spiro atoms. The summed E-state index contributed by atoms with van der Waals surface area (Å²) in [6.07, 6.45) is 9.69. The molecule has 1 aliphatic carbocycles. The molecule has 3 aliphatic rings. The van der Waals surface area contributed by atoms with Gasteiger partial charge in [0, 0.05) is 23.5 Å². The van der Waals surface area contributed by atoms with E-state index in [1.54, 1.807) is 11.1 Å². The molecule has 1 fully saturated rings. The molecule has 4 heterocycles. The first-order valence-corrected chi connectivity index (χ1v) is 19.7. The summed E-state index contributed by atoms with van der Waals surface area (Å²) in [5.74, 6) is 1.54. The van der Waals surface area contributed by atoms with Crippen molar-refractivity contribution in [3.05, 3.63) is 89.7 Å². The Morgan fingerprint density at radius 3 is 2.74 bits per heavy atom. The largest absolute Gasteiger partial charge is 0.488 e. The first-order valence-electron chi connectivity index (χ1n) is 19.7. The van der Waals surface area contributed by atoms with Crippen LogP contribution in [0.4, 0.5) is 9.59 Å². The second-order valence-corrected chi connectivity index (χ2v) is 14.9. The van der Waals surface area contributed by atoms with Gasteiger partial charge in [-0.25, -0.2) is 19.6 Å². The number of hydrogen-bond donors (Lipinski definition) is 5. The summed E-state index contributed by atoms with van der Waals surface area (Å²) in [6, 6.07) is 13.2. The van der Waals surface area contributed by atoms with Gasteiger partial charge in [-0.15, -0.1) is 0 Å². The van der Waals surface area contributed by atoms with Crippen molar-refractivity contribution < 1.29 is 33.8 Å². The minimum Gasteiger partial charge on any atom is -0.488 e. The molecule has 3 atom stereocenters. The van der Waals surface area contributed by atoms with Crippen molar-refractivity contribution in [3.8, 4) is 28.1 Å². The Morgan fingerprint density at radius 2 is 1.97 bits per heavy atom. The highest BCUT2D eigenvalue weighted by Crippen LogP contribution is 2.43. The standard InChI is InChI=1S/C43H46N8O7/c1-4-24(2)51(37(52)21-45-42(54)55)22-36-44-20-33(46-36)27-12-14-29-28(17-27)23-58-35-19-30-26(18-31(29)35)13-15-32-39(30)48-40(47-32)34-11-8-16-50(34)41(53)38(49-43(56)57-3)25-9-6-5-7-10-25/h6,9-10,12-15,17-20,24,34,38,45H,4-5,7-8,11,16,21-23H2,1-3H3,(H,44,46)(H,47,48)(H,49,56)(H,54,55)/t24-,34?,38+/m0/s1. The number of aromatic nitrogens is 4. The van der Waals surface area contributed by atoms with E-state index < -0.39 is 18.2 Å². The summed E-state index contributed by atoms with van der Waals surface area (Å²) in [6.45, 7) is 4.73. The van der Waals surface area contributed by atoms with Crippen LogP contribution in [-0.2, 0) is 27.5 Å². The van der Waals surface area contributed by atoms with E-state index >= 15 is 0 Å². The van der Waals surface area contributed by atoms with E-state index in [4.69, 9.17) is 19.6 Å². The number of aromatic amines is 2. The molecule has 2 aromatic heterocycles. The molecule has 58 heavy (non-hydrogen) atoms. The number of methoxy groups -OCH3 is 1. The van der Waals surface area contributed by atoms with Crippen LogP contribution in [0.3, 0.4) is 0 Å². The zero-order valence-electron chi connectivity index (χ0n) is 32.6. The van der Waals surface area contributed by atoms with Crippen molar-refractivity contribution in [1.82, 2.24) is 40.4 Å². The number of imidazole rings is 2. The fraction of sp³-hybridized carbons (Fsp3) is 0.349. The number of nitrogens with one attached hydrogen (secondary N) is 4. The molecule has 3 aromatic carbocycles. The van der Waals surface area contributed by atoms with E-state index in [9.17, 15) is 19.2 Å². The van der Waals surface area contributed by atoms with Crippen molar-refractivity contribution in [2.45, 2.75) is 77.2 Å². The van der Waals surface area contributed by atoms with E-state index in [1.807, 2.05) is 49.1 Å². The van der Waals surface area contributed by atoms with E-state index in [0.717, 1.165) is 86.8 Å². The number of carbonyl (C=O) groups excluding carboxylic acids is 3. The molecule has 4 amide bonds. The van der Waals surface area contributed by atoms with E-state index in [1.165, 1.54) is 7.11 Å². The molecule has 0 saturated carbocycles. The minimum absolute atomic E-state index is 0.105. The van der Waals surface area contributed by atoms with Crippen LogP contribution in [0, 0.1) is 0 Å². The summed E-state index contributed by atoms with van der Waals surface area (Å²) in [4.78, 5) is 70.1. The third-order valence-corrected chi connectivity index (χ3v) is 11.4. The predicted molar refractivity (Wildman–Crippen MR) is 217 cm³/mol. The lowest BCUT2D eigenvalue weighted by Crippen LogP contribution is -2.49. The number of benzene rings is 3. The number of nitrogens with zero attached hydrogens (tertiary/aromatic N) is 4. The van der Waals surface area contributed by atoms with Gasteiger partial charge in [0.1, 0.15) is 36.6 Å². The average Bonchev–Trinajstić information content (AvgIpc) is 4.03. The maximum Gasteiger partial charge on any atom is 0.407 e. The van der Waals surface area contributed by atoms with E-state index in [-0.39, 0.29) is 37.0 Å². The smallest absolute Gasteiger partial charge is 0.407 e. The predicted octanol–water partition coefficient (Wildman–Crippen LogP) is 6.72. The number of likely N-dealkylation sites (tertiary alicyclic amines) is 1. The number of ether oxygens (including phenoxy) is 2. The first kappa shape index (κ1) is 38.2. The second-order valence-electron chi connectivity index (χ2n) is 14.9. The third kappa shape index (κ3) is 7.46. The van der Waals surface area contributed by atoms with Gasteiger partial charge in [0.25, 0.3) is 5.91 Å². The van der Waals surface area contributed by atoms with Gasteiger partial charge in [-0.2, -0.15) is 0 Å². The topological polar surface area (TPSA) is 195 Å². The molecular formula is C43H46N8O7. The molecule has 5 N–H and O–H groups in total. The zero-order chi connectivity index (χ0) is 40.5. The molecule has 1 unspecified atom stereocenters. The van der Waals surface area contributed by atoms with Gasteiger partial charge in [0.05, 0.1) is 42.6 Å². The van der Waals surface area contributed by atoms with Gasteiger partial charge >= 0.3 is 12.2 Å². The van der Waals surface area contributed by atoms with Crippen LogP contribution in [0.2, 0.25) is 0 Å². The molecule has 0 radical (unpaired) electrons. The van der Waals surface area contributed by atoms with Crippen molar-refractivity contribution in [2.24, 2.45) is 0 Å². The van der Waals surface area contributed by atoms with Gasteiger partial charge in [0.2, 0.25) is 5.91 Å². The maximum absolute atomic E-state index is 14.1. The van der Waals surface area contributed by atoms with Gasteiger partial charge < -0.3 is 45.0 Å². The van der Waals surface area contributed by atoms with Crippen LogP contribution >= 0.6 is 0 Å². The number of allylic oxidation sites excluding steroid dienone is 2. The number of fused-ring (bicyclic) bond motifs is 6. The van der Waals surface area contributed by atoms with Gasteiger partial charge in [-0.1, -0.05) is 43.4 Å². The zero-order valence-corrected chi connectivity index (χ0v) is 32.6. The number of carbonyl (C=O) groups is 4. The van der Waals surface area contributed by atoms with E-state index in [2.05, 4.69) is 55.9 Å². The lowest BCUT2D eigenvalue weighted by molar-refractivity contribution is -0.134. The third-order valence-electron chi connectivity index (χ3n) is 11.4. The lowest BCUT2D eigenvalue weighted by Gasteiger charge is -2.29. The summed E-state index contributed by atoms with van der Waals surface area (Å²) < 4.78 is 11.2. The first-order chi connectivity index (χ1) is 28.1. The van der Waals surface area contributed by atoms with Crippen molar-refractivity contribution >= 4 is 45.8 Å². The Hall–Kier alpha value is -6.64. The number of amides is 4.